The maximum absolute atomic E-state index is 11.9. The molecule has 0 unspecified atom stereocenters. The number of amides is 1. The van der Waals surface area contributed by atoms with Crippen LogP contribution in [0, 0.1) is 5.92 Å². The molecule has 2 rings (SSSR count). The number of carbonyl (C=O) groups is 1. The fourth-order valence-electron chi connectivity index (χ4n) is 3.17. The van der Waals surface area contributed by atoms with Crippen molar-refractivity contribution in [3.63, 3.8) is 0 Å². The summed E-state index contributed by atoms with van der Waals surface area (Å²) in [4.78, 5) is 16.2. The Hall–Kier alpha value is -1.51. The molecular weight excluding hydrogens is 455 g/mol. The number of anilines is 1. The standard InChI is InChI=1S/C20H32N4O2.HI/c1-15(2)26-18-10-8-17(9-11-18)24-20(21)23-13-12-22-19(25)14-16-6-4-3-5-7-16;/h8-11,15-16H,3-7,12-14H2,1-2H3,(H,22,25)(H3,21,23,24);1H. The lowest BCUT2D eigenvalue weighted by Gasteiger charge is -2.20. The lowest BCUT2D eigenvalue weighted by Crippen LogP contribution is -2.30. The number of guanidine groups is 1. The topological polar surface area (TPSA) is 88.7 Å². The molecule has 0 radical (unpaired) electrons. The predicted octanol–water partition coefficient (Wildman–Crippen LogP) is 3.91. The van der Waals surface area contributed by atoms with E-state index in [1.165, 1.54) is 32.1 Å². The number of rotatable bonds is 8. The van der Waals surface area contributed by atoms with Gasteiger partial charge in [0.25, 0.3) is 0 Å². The van der Waals surface area contributed by atoms with Crippen molar-refractivity contribution in [2.75, 3.05) is 18.4 Å². The van der Waals surface area contributed by atoms with Gasteiger partial charge in [-0.05, 0) is 56.9 Å². The van der Waals surface area contributed by atoms with Crippen LogP contribution < -0.4 is 21.1 Å². The Bertz CT molecular complexity index is 584. The molecule has 7 heteroatoms. The molecule has 0 saturated heterocycles. The zero-order valence-corrected chi connectivity index (χ0v) is 18.7. The van der Waals surface area contributed by atoms with E-state index >= 15 is 0 Å². The summed E-state index contributed by atoms with van der Waals surface area (Å²) in [5.41, 5.74) is 6.74. The number of nitrogens with two attached hydrogens (primary N) is 1. The Morgan fingerprint density at radius 2 is 1.89 bits per heavy atom. The third-order valence-corrected chi connectivity index (χ3v) is 4.41. The number of benzene rings is 1. The van der Waals surface area contributed by atoms with E-state index < -0.39 is 0 Å². The van der Waals surface area contributed by atoms with Crippen molar-refractivity contribution in [2.45, 2.75) is 58.5 Å². The minimum absolute atomic E-state index is 0. The second-order valence-corrected chi connectivity index (χ2v) is 7.14. The summed E-state index contributed by atoms with van der Waals surface area (Å²) < 4.78 is 5.60. The molecule has 1 aliphatic rings. The zero-order valence-electron chi connectivity index (χ0n) is 16.4. The van der Waals surface area contributed by atoms with Crippen molar-refractivity contribution in [3.05, 3.63) is 24.3 Å². The van der Waals surface area contributed by atoms with E-state index in [-0.39, 0.29) is 36.0 Å². The molecule has 1 fully saturated rings. The minimum Gasteiger partial charge on any atom is -0.491 e. The van der Waals surface area contributed by atoms with Gasteiger partial charge >= 0.3 is 0 Å². The number of nitrogens with zero attached hydrogens (tertiary/aromatic N) is 1. The summed E-state index contributed by atoms with van der Waals surface area (Å²) in [5, 5.41) is 5.96. The van der Waals surface area contributed by atoms with Crippen molar-refractivity contribution in [2.24, 2.45) is 16.6 Å². The maximum Gasteiger partial charge on any atom is 0.220 e. The van der Waals surface area contributed by atoms with Crippen molar-refractivity contribution >= 4 is 41.5 Å². The molecule has 152 valence electrons. The smallest absolute Gasteiger partial charge is 0.220 e. The molecule has 0 heterocycles. The van der Waals surface area contributed by atoms with Gasteiger partial charge in [-0.15, -0.1) is 24.0 Å². The summed E-state index contributed by atoms with van der Waals surface area (Å²) >= 11 is 0. The highest BCUT2D eigenvalue weighted by atomic mass is 127. The van der Waals surface area contributed by atoms with Gasteiger partial charge in [0.15, 0.2) is 5.96 Å². The summed E-state index contributed by atoms with van der Waals surface area (Å²) in [5.74, 6) is 1.84. The highest BCUT2D eigenvalue weighted by Crippen LogP contribution is 2.25. The minimum atomic E-state index is 0. The van der Waals surface area contributed by atoms with Crippen LogP contribution in [-0.2, 0) is 4.79 Å². The molecule has 27 heavy (non-hydrogen) atoms. The number of carbonyl (C=O) groups excluding carboxylic acids is 1. The first-order valence-electron chi connectivity index (χ1n) is 9.63. The molecular formula is C20H33IN4O2. The predicted molar refractivity (Wildman–Crippen MR) is 122 cm³/mol. The molecule has 0 aromatic heterocycles. The quantitative estimate of drug-likeness (QED) is 0.224. The first-order valence-corrected chi connectivity index (χ1v) is 9.63. The monoisotopic (exact) mass is 488 g/mol. The largest absolute Gasteiger partial charge is 0.491 e. The Morgan fingerprint density at radius 1 is 1.22 bits per heavy atom. The number of halogens is 1. The highest BCUT2D eigenvalue weighted by Gasteiger charge is 2.16. The molecule has 0 spiro atoms. The molecule has 4 N–H and O–H groups in total. The van der Waals surface area contributed by atoms with Gasteiger partial charge in [0.2, 0.25) is 5.91 Å². The number of hydrogen-bond donors (Lipinski definition) is 3. The molecule has 6 nitrogen and oxygen atoms in total. The van der Waals surface area contributed by atoms with Gasteiger partial charge in [-0.1, -0.05) is 19.3 Å². The average Bonchev–Trinajstić information content (AvgIpc) is 2.61. The fraction of sp³-hybridized carbons (Fsp3) is 0.600. The Balaban J connectivity index is 0.00000364. The van der Waals surface area contributed by atoms with Crippen LogP contribution in [0.3, 0.4) is 0 Å². The van der Waals surface area contributed by atoms with Gasteiger partial charge in [-0.2, -0.15) is 0 Å². The SMILES string of the molecule is CC(C)Oc1ccc(NC(N)=NCCNC(=O)CC2CCCCC2)cc1.I. The third-order valence-electron chi connectivity index (χ3n) is 4.41. The first-order chi connectivity index (χ1) is 12.5. The average molecular weight is 488 g/mol. The van der Waals surface area contributed by atoms with Gasteiger partial charge in [0.05, 0.1) is 12.6 Å². The van der Waals surface area contributed by atoms with Crippen molar-refractivity contribution in [3.8, 4) is 5.75 Å². The molecule has 1 aliphatic carbocycles. The second kappa shape index (κ2) is 12.8. The number of aliphatic imine (C=N–C) groups is 1. The molecule has 1 aromatic rings. The summed E-state index contributed by atoms with van der Waals surface area (Å²) in [6, 6.07) is 7.57. The van der Waals surface area contributed by atoms with E-state index in [0.29, 0.717) is 31.4 Å². The lowest BCUT2D eigenvalue weighted by atomic mass is 9.87. The molecule has 1 amide bonds. The molecule has 1 saturated carbocycles. The van der Waals surface area contributed by atoms with Crippen LogP contribution in [0.1, 0.15) is 52.4 Å². The van der Waals surface area contributed by atoms with Gasteiger partial charge in [-0.3, -0.25) is 9.79 Å². The first kappa shape index (κ1) is 23.5. The Labute approximate surface area is 179 Å². The lowest BCUT2D eigenvalue weighted by molar-refractivity contribution is -0.122. The Kier molecular flexibility index (Phi) is 11.2. The van der Waals surface area contributed by atoms with Crippen LogP contribution >= 0.6 is 24.0 Å². The van der Waals surface area contributed by atoms with Gasteiger partial charge in [0.1, 0.15) is 5.75 Å². The molecule has 0 aliphatic heterocycles. The Morgan fingerprint density at radius 3 is 2.52 bits per heavy atom. The van der Waals surface area contributed by atoms with Crippen molar-refractivity contribution < 1.29 is 9.53 Å². The van der Waals surface area contributed by atoms with E-state index in [1.807, 2.05) is 38.1 Å². The number of nitrogens with one attached hydrogen (secondary N) is 2. The van der Waals surface area contributed by atoms with Crippen LogP contribution in [-0.4, -0.2) is 31.1 Å². The number of ether oxygens (including phenoxy) is 1. The molecule has 0 bridgehead atoms. The van der Waals surface area contributed by atoms with E-state index in [0.717, 1.165) is 11.4 Å². The summed E-state index contributed by atoms with van der Waals surface area (Å²) in [6.07, 6.45) is 6.99. The van der Waals surface area contributed by atoms with Crippen LogP contribution in [0.25, 0.3) is 0 Å². The fourth-order valence-corrected chi connectivity index (χ4v) is 3.17. The van der Waals surface area contributed by atoms with E-state index in [9.17, 15) is 4.79 Å². The number of hydrogen-bond acceptors (Lipinski definition) is 3. The normalized spacial score (nSPS) is 15.1. The van der Waals surface area contributed by atoms with Crippen LogP contribution in [0.2, 0.25) is 0 Å². The van der Waals surface area contributed by atoms with Crippen LogP contribution in [0.4, 0.5) is 5.69 Å². The summed E-state index contributed by atoms with van der Waals surface area (Å²) in [7, 11) is 0. The highest BCUT2D eigenvalue weighted by molar-refractivity contribution is 14.0. The third kappa shape index (κ3) is 9.83. The van der Waals surface area contributed by atoms with Gasteiger partial charge in [0, 0.05) is 18.7 Å². The van der Waals surface area contributed by atoms with Crippen LogP contribution in [0.15, 0.2) is 29.3 Å². The summed E-state index contributed by atoms with van der Waals surface area (Å²) in [6.45, 7) is 4.95. The van der Waals surface area contributed by atoms with Crippen LogP contribution in [0.5, 0.6) is 5.75 Å². The van der Waals surface area contributed by atoms with Gasteiger partial charge < -0.3 is 21.1 Å². The zero-order chi connectivity index (χ0) is 18.8. The van der Waals surface area contributed by atoms with Crippen molar-refractivity contribution in [1.29, 1.82) is 0 Å². The van der Waals surface area contributed by atoms with E-state index in [4.69, 9.17) is 10.5 Å². The molecule has 1 aromatic carbocycles. The van der Waals surface area contributed by atoms with E-state index in [2.05, 4.69) is 15.6 Å². The second-order valence-electron chi connectivity index (χ2n) is 7.14. The van der Waals surface area contributed by atoms with Gasteiger partial charge in [-0.25, -0.2) is 0 Å². The van der Waals surface area contributed by atoms with E-state index in [1.54, 1.807) is 0 Å². The maximum atomic E-state index is 11.9. The molecule has 0 atom stereocenters. The van der Waals surface area contributed by atoms with Crippen molar-refractivity contribution in [1.82, 2.24) is 5.32 Å².